The van der Waals surface area contributed by atoms with E-state index in [2.05, 4.69) is 18.7 Å². The van der Waals surface area contributed by atoms with Gasteiger partial charge in [-0.1, -0.05) is 13.8 Å². The number of nitrogens with zero attached hydrogens (tertiary/aromatic N) is 1. The largest absolute Gasteiger partial charge is 0.481 e. The molecule has 4 nitrogen and oxygen atoms in total. The Kier molecular flexibility index (Phi) is 5.22. The number of aliphatic carboxylic acids is 1. The number of carboxylic acid groups (broad SMARTS) is 1. The maximum absolute atomic E-state index is 10.5. The summed E-state index contributed by atoms with van der Waals surface area (Å²) in [5, 5.41) is 18.5. The highest BCUT2D eigenvalue weighted by molar-refractivity contribution is 5.66. The van der Waals surface area contributed by atoms with Gasteiger partial charge in [-0.2, -0.15) is 0 Å². The Labute approximate surface area is 97.3 Å². The minimum atomic E-state index is -0.744. The molecule has 0 radical (unpaired) electrons. The van der Waals surface area contributed by atoms with Crippen molar-refractivity contribution >= 4 is 5.97 Å². The molecule has 0 saturated carbocycles. The van der Waals surface area contributed by atoms with E-state index in [1.165, 1.54) is 0 Å². The molecular formula is C12H23NO3. The second-order valence-corrected chi connectivity index (χ2v) is 5.19. The van der Waals surface area contributed by atoms with Crippen molar-refractivity contribution in [1.82, 2.24) is 4.90 Å². The van der Waals surface area contributed by atoms with Gasteiger partial charge in [-0.25, -0.2) is 0 Å². The van der Waals surface area contributed by atoms with Crippen molar-refractivity contribution in [3.63, 3.8) is 0 Å². The van der Waals surface area contributed by atoms with Crippen molar-refractivity contribution in [2.45, 2.75) is 39.2 Å². The number of carbonyl (C=O) groups is 1. The minimum Gasteiger partial charge on any atom is -0.481 e. The van der Waals surface area contributed by atoms with Crippen LogP contribution in [-0.2, 0) is 4.79 Å². The molecule has 1 aliphatic heterocycles. The van der Waals surface area contributed by atoms with E-state index in [-0.39, 0.29) is 12.5 Å². The molecule has 16 heavy (non-hydrogen) atoms. The zero-order valence-electron chi connectivity index (χ0n) is 10.2. The lowest BCUT2D eigenvalue weighted by molar-refractivity contribution is -0.137. The molecule has 2 atom stereocenters. The van der Waals surface area contributed by atoms with Crippen LogP contribution in [0.2, 0.25) is 0 Å². The van der Waals surface area contributed by atoms with Gasteiger partial charge >= 0.3 is 5.97 Å². The number of carboxylic acids is 1. The zero-order chi connectivity index (χ0) is 12.1. The fourth-order valence-electron chi connectivity index (χ4n) is 2.39. The summed E-state index contributed by atoms with van der Waals surface area (Å²) < 4.78 is 0. The van der Waals surface area contributed by atoms with Gasteiger partial charge in [0.1, 0.15) is 0 Å². The quantitative estimate of drug-likeness (QED) is 0.743. The molecule has 2 unspecified atom stereocenters. The van der Waals surface area contributed by atoms with Gasteiger partial charge in [-0.15, -0.1) is 0 Å². The lowest BCUT2D eigenvalue weighted by atomic mass is 9.87. The molecule has 1 rings (SSSR count). The van der Waals surface area contributed by atoms with E-state index in [1.807, 2.05) is 0 Å². The van der Waals surface area contributed by atoms with Gasteiger partial charge in [-0.05, 0) is 24.7 Å². The lowest BCUT2D eigenvalue weighted by Gasteiger charge is -2.36. The highest BCUT2D eigenvalue weighted by Crippen LogP contribution is 2.23. The highest BCUT2D eigenvalue weighted by atomic mass is 16.4. The van der Waals surface area contributed by atoms with Crippen molar-refractivity contribution in [1.29, 1.82) is 0 Å². The number of hydrogen-bond acceptors (Lipinski definition) is 3. The average molecular weight is 229 g/mol. The predicted octanol–water partition coefficient (Wildman–Crippen LogP) is 1.19. The van der Waals surface area contributed by atoms with Gasteiger partial charge < -0.3 is 15.1 Å². The summed E-state index contributed by atoms with van der Waals surface area (Å²) in [6, 6.07) is 0. The van der Waals surface area contributed by atoms with Crippen LogP contribution in [0, 0.1) is 11.8 Å². The topological polar surface area (TPSA) is 60.8 Å². The fraction of sp³-hybridized carbons (Fsp3) is 0.917. The molecule has 1 saturated heterocycles. The molecule has 1 aliphatic rings. The van der Waals surface area contributed by atoms with Crippen molar-refractivity contribution < 1.29 is 15.0 Å². The average Bonchev–Trinajstić information content (AvgIpc) is 2.18. The highest BCUT2D eigenvalue weighted by Gasteiger charge is 2.28. The minimum absolute atomic E-state index is 0.199. The third-order valence-corrected chi connectivity index (χ3v) is 3.19. The molecule has 4 heteroatoms. The first-order chi connectivity index (χ1) is 7.49. The number of piperidine rings is 1. The van der Waals surface area contributed by atoms with Crippen LogP contribution in [0.25, 0.3) is 0 Å². The number of aliphatic hydroxyl groups excluding tert-OH is 1. The van der Waals surface area contributed by atoms with Gasteiger partial charge in [0.25, 0.3) is 0 Å². The van der Waals surface area contributed by atoms with Crippen LogP contribution in [0.1, 0.15) is 33.1 Å². The molecule has 0 aliphatic carbocycles. The van der Waals surface area contributed by atoms with Gasteiger partial charge in [0.15, 0.2) is 0 Å². The lowest BCUT2D eigenvalue weighted by Crippen LogP contribution is -2.44. The molecule has 0 aromatic rings. The monoisotopic (exact) mass is 229 g/mol. The van der Waals surface area contributed by atoms with E-state index >= 15 is 0 Å². The second kappa shape index (κ2) is 6.21. The molecular weight excluding hydrogens is 206 g/mol. The van der Waals surface area contributed by atoms with Gasteiger partial charge in [0.05, 0.1) is 12.5 Å². The molecule has 0 aromatic heterocycles. The van der Waals surface area contributed by atoms with Crippen LogP contribution >= 0.6 is 0 Å². The summed E-state index contributed by atoms with van der Waals surface area (Å²) in [6.45, 7) is 6.58. The number of rotatable bonds is 5. The standard InChI is InChI=1S/C12H23NO3/c1-9(2)7-10-8-13(5-3-11(10)14)6-4-12(15)16/h9-11,14H,3-8H2,1-2H3,(H,15,16). The van der Waals surface area contributed by atoms with Crippen LogP contribution in [0.5, 0.6) is 0 Å². The Balaban J connectivity index is 2.37. The molecule has 1 heterocycles. The smallest absolute Gasteiger partial charge is 0.304 e. The van der Waals surface area contributed by atoms with E-state index < -0.39 is 5.97 Å². The summed E-state index contributed by atoms with van der Waals surface area (Å²) in [4.78, 5) is 12.7. The molecule has 0 spiro atoms. The van der Waals surface area contributed by atoms with E-state index in [1.54, 1.807) is 0 Å². The van der Waals surface area contributed by atoms with Crippen LogP contribution < -0.4 is 0 Å². The molecule has 0 amide bonds. The number of likely N-dealkylation sites (tertiary alicyclic amines) is 1. The Morgan fingerprint density at radius 3 is 2.75 bits per heavy atom. The number of hydrogen-bond donors (Lipinski definition) is 2. The van der Waals surface area contributed by atoms with Gasteiger partial charge in [0, 0.05) is 19.6 Å². The maximum Gasteiger partial charge on any atom is 0.304 e. The van der Waals surface area contributed by atoms with Crippen LogP contribution in [0.3, 0.4) is 0 Å². The number of aliphatic hydroxyl groups is 1. The molecule has 0 aromatic carbocycles. The Bertz CT molecular complexity index is 230. The van der Waals surface area contributed by atoms with E-state index in [0.29, 0.717) is 18.4 Å². The summed E-state index contributed by atoms with van der Waals surface area (Å²) in [6.07, 6.45) is 1.79. The van der Waals surface area contributed by atoms with E-state index in [0.717, 1.165) is 25.9 Å². The van der Waals surface area contributed by atoms with E-state index in [4.69, 9.17) is 5.11 Å². The first-order valence-corrected chi connectivity index (χ1v) is 6.11. The van der Waals surface area contributed by atoms with Gasteiger partial charge in [0.2, 0.25) is 0 Å². The van der Waals surface area contributed by atoms with E-state index in [9.17, 15) is 9.90 Å². The molecule has 94 valence electrons. The van der Waals surface area contributed by atoms with Crippen molar-refractivity contribution in [2.75, 3.05) is 19.6 Å². The Hall–Kier alpha value is -0.610. The Morgan fingerprint density at radius 1 is 1.50 bits per heavy atom. The van der Waals surface area contributed by atoms with Crippen molar-refractivity contribution in [2.24, 2.45) is 11.8 Å². The third kappa shape index (κ3) is 4.49. The third-order valence-electron chi connectivity index (χ3n) is 3.19. The van der Waals surface area contributed by atoms with Crippen molar-refractivity contribution in [3.05, 3.63) is 0 Å². The second-order valence-electron chi connectivity index (χ2n) is 5.19. The first-order valence-electron chi connectivity index (χ1n) is 6.11. The molecule has 2 N–H and O–H groups in total. The molecule has 1 fully saturated rings. The molecule has 0 bridgehead atoms. The van der Waals surface area contributed by atoms with Gasteiger partial charge in [-0.3, -0.25) is 4.79 Å². The maximum atomic E-state index is 10.5. The summed E-state index contributed by atoms with van der Waals surface area (Å²) >= 11 is 0. The Morgan fingerprint density at radius 2 is 2.19 bits per heavy atom. The van der Waals surface area contributed by atoms with Crippen LogP contribution in [0.4, 0.5) is 0 Å². The normalized spacial score (nSPS) is 27.2. The van der Waals surface area contributed by atoms with Crippen LogP contribution in [0.15, 0.2) is 0 Å². The fourth-order valence-corrected chi connectivity index (χ4v) is 2.39. The summed E-state index contributed by atoms with van der Waals surface area (Å²) in [5.41, 5.74) is 0. The summed E-state index contributed by atoms with van der Waals surface area (Å²) in [5.74, 6) is 0.146. The first kappa shape index (κ1) is 13.5. The van der Waals surface area contributed by atoms with Crippen molar-refractivity contribution in [3.8, 4) is 0 Å². The van der Waals surface area contributed by atoms with Crippen LogP contribution in [-0.4, -0.2) is 46.8 Å². The summed E-state index contributed by atoms with van der Waals surface area (Å²) in [7, 11) is 0. The predicted molar refractivity (Wildman–Crippen MR) is 62.3 cm³/mol. The zero-order valence-corrected chi connectivity index (χ0v) is 10.2. The SMILES string of the molecule is CC(C)CC1CN(CCC(=O)O)CCC1O.